The number of hydrogen-bond donors (Lipinski definition) is 2. The smallest absolute Gasteiger partial charge is 0.226 e. The van der Waals surface area contributed by atoms with Crippen molar-refractivity contribution in [1.29, 1.82) is 0 Å². The lowest BCUT2D eigenvalue weighted by Crippen LogP contribution is -2.18. The molecule has 0 bridgehead atoms. The van der Waals surface area contributed by atoms with E-state index in [-0.39, 0.29) is 11.3 Å². The molecule has 22 heavy (non-hydrogen) atoms. The van der Waals surface area contributed by atoms with Crippen LogP contribution in [0.3, 0.4) is 0 Å². The molecule has 0 aliphatic carbocycles. The van der Waals surface area contributed by atoms with Crippen molar-refractivity contribution in [3.8, 4) is 5.69 Å². The average molecular weight is 300 g/mol. The fourth-order valence-corrected chi connectivity index (χ4v) is 2.13. The van der Waals surface area contributed by atoms with Crippen LogP contribution in [0.15, 0.2) is 30.3 Å². The molecule has 0 spiro atoms. The van der Waals surface area contributed by atoms with Crippen LogP contribution in [0.25, 0.3) is 5.69 Å². The summed E-state index contributed by atoms with van der Waals surface area (Å²) in [5.74, 6) is 0.575. The van der Waals surface area contributed by atoms with Gasteiger partial charge in [0.05, 0.1) is 11.4 Å². The zero-order chi connectivity index (χ0) is 16.3. The van der Waals surface area contributed by atoms with Gasteiger partial charge in [0.2, 0.25) is 5.91 Å². The van der Waals surface area contributed by atoms with Gasteiger partial charge in [-0.1, -0.05) is 32.9 Å². The van der Waals surface area contributed by atoms with Crippen LogP contribution in [0.5, 0.6) is 0 Å². The summed E-state index contributed by atoms with van der Waals surface area (Å²) in [6.45, 7) is 8.66. The van der Waals surface area contributed by atoms with E-state index in [1.807, 2.05) is 37.3 Å². The third kappa shape index (κ3) is 3.74. The predicted molar refractivity (Wildman–Crippen MR) is 89.3 cm³/mol. The van der Waals surface area contributed by atoms with E-state index in [0.29, 0.717) is 18.8 Å². The van der Waals surface area contributed by atoms with E-state index in [1.54, 1.807) is 4.68 Å². The molecular formula is C17H24N4O. The number of benzene rings is 1. The summed E-state index contributed by atoms with van der Waals surface area (Å²) in [6, 6.07) is 9.96. The van der Waals surface area contributed by atoms with Gasteiger partial charge in [0.15, 0.2) is 0 Å². The summed E-state index contributed by atoms with van der Waals surface area (Å²) in [5, 5.41) is 7.58. The Morgan fingerprint density at radius 1 is 1.32 bits per heavy atom. The molecule has 1 amide bonds. The van der Waals surface area contributed by atoms with Gasteiger partial charge in [-0.2, -0.15) is 5.10 Å². The van der Waals surface area contributed by atoms with Crippen molar-refractivity contribution < 1.29 is 4.79 Å². The Hall–Kier alpha value is -2.14. The second-order valence-corrected chi connectivity index (χ2v) is 6.50. The minimum atomic E-state index is -0.100. The van der Waals surface area contributed by atoms with Crippen molar-refractivity contribution in [2.75, 3.05) is 11.9 Å². The third-order valence-corrected chi connectivity index (χ3v) is 3.36. The number of nitrogens with two attached hydrogens (primary N) is 1. The lowest BCUT2D eigenvalue weighted by Gasteiger charge is -2.14. The summed E-state index contributed by atoms with van der Waals surface area (Å²) in [6.07, 6.45) is 0.295. The van der Waals surface area contributed by atoms with Gasteiger partial charge >= 0.3 is 0 Å². The Morgan fingerprint density at radius 3 is 2.64 bits per heavy atom. The fraction of sp³-hybridized carbons (Fsp3) is 0.412. The first-order valence-electron chi connectivity index (χ1n) is 7.49. The highest BCUT2D eigenvalue weighted by Crippen LogP contribution is 2.26. The van der Waals surface area contributed by atoms with E-state index in [0.717, 1.165) is 16.9 Å². The largest absolute Gasteiger partial charge is 0.330 e. The van der Waals surface area contributed by atoms with E-state index in [4.69, 9.17) is 5.73 Å². The molecule has 1 aromatic carbocycles. The maximum Gasteiger partial charge on any atom is 0.226 e. The number of carbonyl (C=O) groups excluding carboxylic acids is 1. The Labute approximate surface area is 131 Å². The summed E-state index contributed by atoms with van der Waals surface area (Å²) >= 11 is 0. The summed E-state index contributed by atoms with van der Waals surface area (Å²) in [5.41, 5.74) is 8.35. The third-order valence-electron chi connectivity index (χ3n) is 3.36. The van der Waals surface area contributed by atoms with E-state index in [9.17, 15) is 4.79 Å². The van der Waals surface area contributed by atoms with Crippen molar-refractivity contribution in [2.24, 2.45) is 5.73 Å². The highest BCUT2D eigenvalue weighted by molar-refractivity contribution is 5.90. The van der Waals surface area contributed by atoms with Gasteiger partial charge in [0.25, 0.3) is 0 Å². The highest BCUT2D eigenvalue weighted by Gasteiger charge is 2.21. The molecule has 1 aromatic heterocycles. The minimum Gasteiger partial charge on any atom is -0.330 e. The first-order chi connectivity index (χ1) is 10.3. The van der Waals surface area contributed by atoms with Crippen molar-refractivity contribution in [2.45, 2.75) is 39.5 Å². The lowest BCUT2D eigenvalue weighted by molar-refractivity contribution is -0.116. The molecule has 1 heterocycles. The SMILES string of the molecule is Cc1cccc(-n2nc(C(C)(C)C)cc2NC(=O)CCN)c1. The zero-order valence-electron chi connectivity index (χ0n) is 13.7. The van der Waals surface area contributed by atoms with Crippen LogP contribution in [-0.2, 0) is 10.2 Å². The molecule has 0 aliphatic rings. The first kappa shape index (κ1) is 16.2. The molecular weight excluding hydrogens is 276 g/mol. The average Bonchev–Trinajstić information content (AvgIpc) is 2.82. The van der Waals surface area contributed by atoms with E-state index in [2.05, 4.69) is 31.2 Å². The van der Waals surface area contributed by atoms with Crippen LogP contribution in [-0.4, -0.2) is 22.2 Å². The Bertz CT molecular complexity index is 668. The molecule has 2 rings (SSSR count). The minimum absolute atomic E-state index is 0.0948. The van der Waals surface area contributed by atoms with Crippen molar-refractivity contribution in [1.82, 2.24) is 9.78 Å². The maximum atomic E-state index is 11.9. The van der Waals surface area contributed by atoms with E-state index >= 15 is 0 Å². The summed E-state index contributed by atoms with van der Waals surface area (Å²) < 4.78 is 1.78. The second-order valence-electron chi connectivity index (χ2n) is 6.50. The van der Waals surface area contributed by atoms with E-state index < -0.39 is 0 Å². The molecule has 2 aromatic rings. The number of aryl methyl sites for hydroxylation is 1. The molecule has 0 fully saturated rings. The number of amides is 1. The van der Waals surface area contributed by atoms with Crippen LogP contribution in [0, 0.1) is 6.92 Å². The molecule has 0 aliphatic heterocycles. The highest BCUT2D eigenvalue weighted by atomic mass is 16.1. The molecule has 118 valence electrons. The number of nitrogens with zero attached hydrogens (tertiary/aromatic N) is 2. The van der Waals surface area contributed by atoms with Crippen LogP contribution in [0.2, 0.25) is 0 Å². The van der Waals surface area contributed by atoms with Gasteiger partial charge in [-0.25, -0.2) is 4.68 Å². The number of nitrogens with one attached hydrogen (secondary N) is 1. The standard InChI is InChI=1S/C17H24N4O/c1-12-6-5-7-13(10-12)21-15(19-16(22)8-9-18)11-14(20-21)17(2,3)4/h5-7,10-11H,8-9,18H2,1-4H3,(H,19,22). The number of carbonyl (C=O) groups is 1. The normalized spacial score (nSPS) is 11.5. The van der Waals surface area contributed by atoms with Gasteiger partial charge < -0.3 is 11.1 Å². The topological polar surface area (TPSA) is 72.9 Å². The van der Waals surface area contributed by atoms with Crippen molar-refractivity contribution in [3.63, 3.8) is 0 Å². The number of aromatic nitrogens is 2. The molecule has 5 nitrogen and oxygen atoms in total. The number of rotatable bonds is 4. The quantitative estimate of drug-likeness (QED) is 0.912. The second kappa shape index (κ2) is 6.32. The summed E-state index contributed by atoms with van der Waals surface area (Å²) in [4.78, 5) is 11.9. The van der Waals surface area contributed by atoms with Gasteiger partial charge in [-0.15, -0.1) is 0 Å². The molecule has 0 atom stereocenters. The van der Waals surface area contributed by atoms with Gasteiger partial charge in [-0.05, 0) is 24.6 Å². The Morgan fingerprint density at radius 2 is 2.05 bits per heavy atom. The zero-order valence-corrected chi connectivity index (χ0v) is 13.7. The fourth-order valence-electron chi connectivity index (χ4n) is 2.13. The lowest BCUT2D eigenvalue weighted by atomic mass is 9.92. The van der Waals surface area contributed by atoms with Crippen LogP contribution < -0.4 is 11.1 Å². The van der Waals surface area contributed by atoms with Crippen LogP contribution in [0.4, 0.5) is 5.82 Å². The molecule has 0 saturated carbocycles. The van der Waals surface area contributed by atoms with E-state index in [1.165, 1.54) is 0 Å². The Balaban J connectivity index is 2.46. The van der Waals surface area contributed by atoms with Crippen molar-refractivity contribution in [3.05, 3.63) is 41.6 Å². The maximum absolute atomic E-state index is 11.9. The predicted octanol–water partition coefficient (Wildman–Crippen LogP) is 2.77. The monoisotopic (exact) mass is 300 g/mol. The Kier molecular flexibility index (Phi) is 4.66. The van der Waals surface area contributed by atoms with Crippen LogP contribution in [0.1, 0.15) is 38.4 Å². The van der Waals surface area contributed by atoms with Crippen LogP contribution >= 0.6 is 0 Å². The van der Waals surface area contributed by atoms with Gasteiger partial charge in [0.1, 0.15) is 5.82 Å². The van der Waals surface area contributed by atoms with Gasteiger partial charge in [-0.3, -0.25) is 4.79 Å². The number of anilines is 1. The van der Waals surface area contributed by atoms with Gasteiger partial charge in [0, 0.05) is 24.4 Å². The first-order valence-corrected chi connectivity index (χ1v) is 7.49. The molecule has 5 heteroatoms. The summed E-state index contributed by atoms with van der Waals surface area (Å²) in [7, 11) is 0. The molecule has 3 N–H and O–H groups in total. The molecule has 0 saturated heterocycles. The molecule has 0 unspecified atom stereocenters. The molecule has 0 radical (unpaired) electrons. The van der Waals surface area contributed by atoms with Crippen molar-refractivity contribution >= 4 is 11.7 Å². The number of hydrogen-bond acceptors (Lipinski definition) is 3.